The maximum atomic E-state index is 14.4. The van der Waals surface area contributed by atoms with Crippen molar-refractivity contribution in [2.45, 2.75) is 37.5 Å². The molecule has 3 aromatic rings. The number of sulfonamides is 1. The smallest absolute Gasteiger partial charge is 0.255 e. The molecule has 2 aromatic carbocycles. The minimum absolute atomic E-state index is 0.0260. The molecule has 1 aliphatic heterocycles. The van der Waals surface area contributed by atoms with Crippen LogP contribution in [0.25, 0.3) is 5.69 Å². The van der Waals surface area contributed by atoms with Crippen LogP contribution >= 0.6 is 11.6 Å². The van der Waals surface area contributed by atoms with Gasteiger partial charge in [0, 0.05) is 18.7 Å². The van der Waals surface area contributed by atoms with E-state index < -0.39 is 21.7 Å². The molecule has 1 amide bonds. The standard InChI is InChI=1S/C21H22ClFN6O3S/c1-14-25-26-27-29(14)16-7-9-18(23)19(13-16)24-21(30)15-6-8-17(22)20(12-15)33(31,32)28-10-4-2-3-5-11-28/h6-9,12-13H,2-5,10-11H2,1H3,(H,24,30). The fraction of sp³-hybridized carbons (Fsp3) is 0.333. The number of hydrogen-bond acceptors (Lipinski definition) is 6. The summed E-state index contributed by atoms with van der Waals surface area (Å²) in [5.74, 6) is -0.854. The largest absolute Gasteiger partial charge is 0.319 e. The minimum atomic E-state index is -3.87. The highest BCUT2D eigenvalue weighted by Gasteiger charge is 2.28. The third-order valence-electron chi connectivity index (χ3n) is 5.44. The number of carbonyl (C=O) groups is 1. The number of amides is 1. The molecule has 0 atom stereocenters. The van der Waals surface area contributed by atoms with Crippen LogP contribution in [0.4, 0.5) is 10.1 Å². The van der Waals surface area contributed by atoms with Gasteiger partial charge in [-0.3, -0.25) is 4.79 Å². The van der Waals surface area contributed by atoms with Crippen molar-refractivity contribution in [3.05, 3.63) is 58.6 Å². The average molecular weight is 493 g/mol. The van der Waals surface area contributed by atoms with E-state index >= 15 is 0 Å². The van der Waals surface area contributed by atoms with E-state index in [2.05, 4.69) is 20.8 Å². The second kappa shape index (κ2) is 9.54. The van der Waals surface area contributed by atoms with E-state index in [1.165, 1.54) is 45.4 Å². The summed E-state index contributed by atoms with van der Waals surface area (Å²) in [6.45, 7) is 2.49. The molecule has 1 fully saturated rings. The van der Waals surface area contributed by atoms with E-state index in [0.29, 0.717) is 24.6 Å². The molecule has 33 heavy (non-hydrogen) atoms. The highest BCUT2D eigenvalue weighted by Crippen LogP contribution is 2.28. The summed E-state index contributed by atoms with van der Waals surface area (Å²) in [5, 5.41) is 13.7. The van der Waals surface area contributed by atoms with Gasteiger partial charge in [0.1, 0.15) is 10.7 Å². The lowest BCUT2D eigenvalue weighted by Gasteiger charge is -2.21. The molecule has 0 spiro atoms. The Morgan fingerprint density at radius 3 is 2.48 bits per heavy atom. The van der Waals surface area contributed by atoms with Gasteiger partial charge in [-0.05, 0) is 66.6 Å². The Labute approximate surface area is 195 Å². The van der Waals surface area contributed by atoms with Crippen molar-refractivity contribution in [3.63, 3.8) is 0 Å². The number of benzene rings is 2. The number of halogens is 2. The van der Waals surface area contributed by atoms with Gasteiger partial charge in [-0.15, -0.1) is 5.10 Å². The van der Waals surface area contributed by atoms with E-state index in [9.17, 15) is 17.6 Å². The summed E-state index contributed by atoms with van der Waals surface area (Å²) in [6.07, 6.45) is 3.48. The van der Waals surface area contributed by atoms with Crippen LogP contribution in [0.15, 0.2) is 41.3 Å². The topological polar surface area (TPSA) is 110 Å². The Bertz CT molecular complexity index is 1290. The van der Waals surface area contributed by atoms with Crippen LogP contribution in [0, 0.1) is 12.7 Å². The zero-order valence-electron chi connectivity index (χ0n) is 17.8. The van der Waals surface area contributed by atoms with Crippen LogP contribution in [0.3, 0.4) is 0 Å². The molecule has 0 radical (unpaired) electrons. The lowest BCUT2D eigenvalue weighted by atomic mass is 10.2. The van der Waals surface area contributed by atoms with Gasteiger partial charge < -0.3 is 5.32 Å². The molecular weight excluding hydrogens is 471 g/mol. The molecule has 0 bridgehead atoms. The monoisotopic (exact) mass is 492 g/mol. The second-order valence-corrected chi connectivity index (χ2v) is 10.0. The third-order valence-corrected chi connectivity index (χ3v) is 7.82. The van der Waals surface area contributed by atoms with Crippen LogP contribution < -0.4 is 5.32 Å². The Hall–Kier alpha value is -2.89. The first-order valence-corrected chi connectivity index (χ1v) is 12.2. The molecule has 0 aliphatic carbocycles. The molecule has 2 heterocycles. The van der Waals surface area contributed by atoms with Gasteiger partial charge in [-0.1, -0.05) is 24.4 Å². The lowest BCUT2D eigenvalue weighted by molar-refractivity contribution is 0.102. The van der Waals surface area contributed by atoms with Crippen molar-refractivity contribution >= 4 is 33.2 Å². The van der Waals surface area contributed by atoms with Crippen LogP contribution in [0.1, 0.15) is 41.9 Å². The quantitative estimate of drug-likeness (QED) is 0.583. The Morgan fingerprint density at radius 1 is 1.09 bits per heavy atom. The van der Waals surface area contributed by atoms with E-state index in [0.717, 1.165) is 25.7 Å². The summed E-state index contributed by atoms with van der Waals surface area (Å²) in [4.78, 5) is 12.7. The fourth-order valence-corrected chi connectivity index (χ4v) is 5.69. The average Bonchev–Trinajstić information content (AvgIpc) is 3.03. The molecule has 9 nitrogen and oxygen atoms in total. The lowest BCUT2D eigenvalue weighted by Crippen LogP contribution is -2.32. The van der Waals surface area contributed by atoms with Crippen LogP contribution in [-0.4, -0.2) is 51.9 Å². The van der Waals surface area contributed by atoms with Gasteiger partial charge >= 0.3 is 0 Å². The first kappa shape index (κ1) is 23.3. The summed E-state index contributed by atoms with van der Waals surface area (Å²) in [7, 11) is -3.87. The molecule has 1 N–H and O–H groups in total. The zero-order valence-corrected chi connectivity index (χ0v) is 19.4. The number of tetrazole rings is 1. The van der Waals surface area contributed by atoms with Crippen molar-refractivity contribution in [3.8, 4) is 5.69 Å². The van der Waals surface area contributed by atoms with Crippen LogP contribution in [-0.2, 0) is 10.0 Å². The predicted octanol–water partition coefficient (Wildman–Crippen LogP) is 3.58. The van der Waals surface area contributed by atoms with Gasteiger partial charge in [0.05, 0.1) is 16.4 Å². The van der Waals surface area contributed by atoms with E-state index in [1.807, 2.05) is 0 Å². The molecule has 1 saturated heterocycles. The molecular formula is C21H22ClFN6O3S. The van der Waals surface area contributed by atoms with Crippen LogP contribution in [0.2, 0.25) is 5.02 Å². The number of carbonyl (C=O) groups excluding carboxylic acids is 1. The number of anilines is 1. The summed E-state index contributed by atoms with van der Waals surface area (Å²) < 4.78 is 43.6. The van der Waals surface area contributed by atoms with Gasteiger partial charge in [0.2, 0.25) is 10.0 Å². The Kier molecular flexibility index (Phi) is 6.73. The van der Waals surface area contributed by atoms with Crippen LogP contribution in [0.5, 0.6) is 0 Å². The molecule has 12 heteroatoms. The maximum absolute atomic E-state index is 14.4. The predicted molar refractivity (Wildman–Crippen MR) is 120 cm³/mol. The number of aryl methyl sites for hydroxylation is 1. The molecule has 4 rings (SSSR count). The van der Waals surface area contributed by atoms with E-state index in [4.69, 9.17) is 11.6 Å². The number of nitrogens with one attached hydrogen (secondary N) is 1. The zero-order chi connectivity index (χ0) is 23.6. The molecule has 0 unspecified atom stereocenters. The van der Waals surface area contributed by atoms with Gasteiger partial charge in [-0.25, -0.2) is 12.8 Å². The normalized spacial score (nSPS) is 15.2. The number of aromatic nitrogens is 4. The molecule has 1 aliphatic rings. The fourth-order valence-electron chi connectivity index (χ4n) is 3.67. The Morgan fingerprint density at radius 2 is 1.82 bits per heavy atom. The van der Waals surface area contributed by atoms with Crippen molar-refractivity contribution < 1.29 is 17.6 Å². The molecule has 1 aromatic heterocycles. The SMILES string of the molecule is Cc1nnnn1-c1ccc(F)c(NC(=O)c2ccc(Cl)c(S(=O)(=O)N3CCCCCC3)c2)c1. The third kappa shape index (κ3) is 4.90. The van der Waals surface area contributed by atoms with Crippen molar-refractivity contribution in [2.75, 3.05) is 18.4 Å². The summed E-state index contributed by atoms with van der Waals surface area (Å²) in [5.41, 5.74) is 0.394. The Balaban J connectivity index is 1.62. The van der Waals surface area contributed by atoms with Gasteiger partial charge in [0.15, 0.2) is 5.82 Å². The van der Waals surface area contributed by atoms with Crippen molar-refractivity contribution in [1.82, 2.24) is 24.5 Å². The van der Waals surface area contributed by atoms with Crippen molar-refractivity contribution in [2.24, 2.45) is 0 Å². The first-order valence-electron chi connectivity index (χ1n) is 10.4. The van der Waals surface area contributed by atoms with E-state index in [1.54, 1.807) is 6.92 Å². The number of rotatable bonds is 5. The number of hydrogen-bond donors (Lipinski definition) is 1. The maximum Gasteiger partial charge on any atom is 0.255 e. The summed E-state index contributed by atoms with van der Waals surface area (Å²) in [6, 6.07) is 8.03. The molecule has 174 valence electrons. The number of nitrogens with zero attached hydrogens (tertiary/aromatic N) is 5. The van der Waals surface area contributed by atoms with Crippen molar-refractivity contribution in [1.29, 1.82) is 0 Å². The second-order valence-electron chi connectivity index (χ2n) is 7.72. The summed E-state index contributed by atoms with van der Waals surface area (Å²) >= 11 is 6.20. The first-order chi connectivity index (χ1) is 15.8. The van der Waals surface area contributed by atoms with Gasteiger partial charge in [0.25, 0.3) is 5.91 Å². The molecule has 0 saturated carbocycles. The van der Waals surface area contributed by atoms with Gasteiger partial charge in [-0.2, -0.15) is 8.99 Å². The minimum Gasteiger partial charge on any atom is -0.319 e. The highest BCUT2D eigenvalue weighted by atomic mass is 35.5. The van der Waals surface area contributed by atoms with E-state index in [-0.39, 0.29) is 21.2 Å². The highest BCUT2D eigenvalue weighted by molar-refractivity contribution is 7.89.